The van der Waals surface area contributed by atoms with Crippen molar-refractivity contribution in [3.05, 3.63) is 28.8 Å². The molecule has 1 aromatic rings. The van der Waals surface area contributed by atoms with Gasteiger partial charge in [0, 0.05) is 36.1 Å². The van der Waals surface area contributed by atoms with Crippen LogP contribution in [0, 0.1) is 12.8 Å². The molecule has 1 aliphatic carbocycles. The van der Waals surface area contributed by atoms with Gasteiger partial charge in [-0.1, -0.05) is 17.7 Å². The van der Waals surface area contributed by atoms with E-state index in [2.05, 4.69) is 0 Å². The number of benzene rings is 1. The van der Waals surface area contributed by atoms with Crippen LogP contribution in [0.3, 0.4) is 0 Å². The molecule has 1 saturated carbocycles. The van der Waals surface area contributed by atoms with Crippen LogP contribution in [-0.2, 0) is 14.8 Å². The molecule has 0 atom stereocenters. The van der Waals surface area contributed by atoms with Gasteiger partial charge in [-0.05, 0) is 51.3 Å². The van der Waals surface area contributed by atoms with Crippen LogP contribution >= 0.6 is 11.6 Å². The maximum Gasteiger partial charge on any atom is 0.243 e. The first-order valence-electron chi connectivity index (χ1n) is 8.21. The Labute approximate surface area is 148 Å². The third-order valence-corrected chi connectivity index (χ3v) is 7.51. The first-order valence-corrected chi connectivity index (χ1v) is 10.0. The van der Waals surface area contributed by atoms with E-state index in [1.54, 1.807) is 25.1 Å². The van der Waals surface area contributed by atoms with Crippen molar-refractivity contribution in [3.63, 3.8) is 0 Å². The zero-order chi connectivity index (χ0) is 17.7. The Morgan fingerprint density at radius 1 is 1.25 bits per heavy atom. The number of sulfonamides is 1. The first kappa shape index (κ1) is 17.7. The van der Waals surface area contributed by atoms with Crippen molar-refractivity contribution >= 4 is 27.5 Å². The number of carbonyl (C=O) groups is 1. The fourth-order valence-electron chi connectivity index (χ4n) is 3.35. The predicted octanol–water partition coefficient (Wildman–Crippen LogP) is 2.67. The third-order valence-electron chi connectivity index (χ3n) is 4.85. The zero-order valence-corrected chi connectivity index (χ0v) is 15.8. The lowest BCUT2D eigenvalue weighted by molar-refractivity contribution is -0.136. The summed E-state index contributed by atoms with van der Waals surface area (Å²) in [4.78, 5) is 14.4. The van der Waals surface area contributed by atoms with Crippen LogP contribution < -0.4 is 0 Å². The van der Waals surface area contributed by atoms with Gasteiger partial charge in [-0.3, -0.25) is 4.79 Å². The molecule has 1 saturated heterocycles. The van der Waals surface area contributed by atoms with Gasteiger partial charge in [-0.15, -0.1) is 0 Å². The van der Waals surface area contributed by atoms with Gasteiger partial charge in [-0.25, -0.2) is 8.42 Å². The number of carbonyl (C=O) groups excluding carboxylic acids is 1. The van der Waals surface area contributed by atoms with Crippen LogP contribution in [0.4, 0.5) is 0 Å². The summed E-state index contributed by atoms with van der Waals surface area (Å²) in [6.45, 7) is 6.63. The zero-order valence-electron chi connectivity index (χ0n) is 14.3. The molecule has 2 fully saturated rings. The van der Waals surface area contributed by atoms with E-state index in [-0.39, 0.29) is 16.7 Å². The first-order chi connectivity index (χ1) is 11.1. The molecule has 1 heterocycles. The van der Waals surface area contributed by atoms with Crippen LogP contribution in [0.25, 0.3) is 0 Å². The summed E-state index contributed by atoms with van der Waals surface area (Å²) >= 11 is 6.10. The molecule has 5 nitrogen and oxygen atoms in total. The number of nitrogens with zero attached hydrogens (tertiary/aromatic N) is 2. The molecule has 1 aromatic carbocycles. The van der Waals surface area contributed by atoms with E-state index in [4.69, 9.17) is 11.6 Å². The monoisotopic (exact) mass is 370 g/mol. The molecule has 3 rings (SSSR count). The Kier molecular flexibility index (Phi) is 4.43. The number of piperazine rings is 1. The van der Waals surface area contributed by atoms with E-state index < -0.39 is 15.6 Å². The molecule has 1 aliphatic heterocycles. The highest BCUT2D eigenvalue weighted by Gasteiger charge is 2.45. The number of amides is 1. The summed E-state index contributed by atoms with van der Waals surface area (Å²) in [5.41, 5.74) is -0.0948. The smallest absolute Gasteiger partial charge is 0.243 e. The lowest BCUT2D eigenvalue weighted by atomic mass is 10.0. The van der Waals surface area contributed by atoms with Crippen molar-refractivity contribution in [1.29, 1.82) is 0 Å². The molecule has 1 amide bonds. The topological polar surface area (TPSA) is 57.7 Å². The Morgan fingerprint density at radius 2 is 1.92 bits per heavy atom. The van der Waals surface area contributed by atoms with Crippen molar-refractivity contribution in [2.24, 2.45) is 5.92 Å². The average Bonchev–Trinajstić information content (AvgIpc) is 3.32. The standard InChI is InChI=1S/C17H23ClN2O3S/c1-12-14(18)5-4-6-15(12)24(22,23)20-10-9-19(11-17(20,2)3)16(21)13-7-8-13/h4-6,13H,7-11H2,1-3H3. The summed E-state index contributed by atoms with van der Waals surface area (Å²) in [6.07, 6.45) is 1.92. The average molecular weight is 371 g/mol. The van der Waals surface area contributed by atoms with Gasteiger partial charge in [0.2, 0.25) is 15.9 Å². The SMILES string of the molecule is Cc1c(Cl)cccc1S(=O)(=O)N1CCN(C(=O)C2CC2)CC1(C)C. The highest BCUT2D eigenvalue weighted by Crippen LogP contribution is 2.35. The van der Waals surface area contributed by atoms with Crippen molar-refractivity contribution in [2.45, 2.75) is 44.0 Å². The highest BCUT2D eigenvalue weighted by atomic mass is 35.5. The number of hydrogen-bond donors (Lipinski definition) is 0. The quantitative estimate of drug-likeness (QED) is 0.821. The Bertz CT molecular complexity index is 772. The van der Waals surface area contributed by atoms with E-state index in [1.165, 1.54) is 4.31 Å². The second-order valence-electron chi connectivity index (χ2n) is 7.29. The predicted molar refractivity (Wildman–Crippen MR) is 93.5 cm³/mol. The molecule has 0 N–H and O–H groups in total. The second-order valence-corrected chi connectivity index (χ2v) is 9.52. The van der Waals surface area contributed by atoms with E-state index in [1.807, 2.05) is 18.7 Å². The fraction of sp³-hybridized carbons (Fsp3) is 0.588. The second kappa shape index (κ2) is 6.00. The van der Waals surface area contributed by atoms with Crippen LogP contribution in [0.15, 0.2) is 23.1 Å². The normalized spacial score (nSPS) is 21.8. The largest absolute Gasteiger partial charge is 0.339 e. The lowest BCUT2D eigenvalue weighted by Gasteiger charge is -2.46. The minimum atomic E-state index is -3.67. The Hall–Kier alpha value is -1.11. The van der Waals surface area contributed by atoms with E-state index in [0.717, 1.165) is 12.8 Å². The Balaban J connectivity index is 1.88. The highest BCUT2D eigenvalue weighted by molar-refractivity contribution is 7.89. The van der Waals surface area contributed by atoms with Gasteiger partial charge in [0.25, 0.3) is 0 Å². The molecule has 0 radical (unpaired) electrons. The van der Waals surface area contributed by atoms with Crippen molar-refractivity contribution in [3.8, 4) is 0 Å². The summed E-state index contributed by atoms with van der Waals surface area (Å²) < 4.78 is 27.8. The van der Waals surface area contributed by atoms with Crippen molar-refractivity contribution < 1.29 is 13.2 Å². The van der Waals surface area contributed by atoms with Crippen molar-refractivity contribution in [1.82, 2.24) is 9.21 Å². The molecule has 0 unspecified atom stereocenters. The molecule has 7 heteroatoms. The van der Waals surface area contributed by atoms with E-state index in [9.17, 15) is 13.2 Å². The van der Waals surface area contributed by atoms with Gasteiger partial charge in [0.1, 0.15) is 0 Å². The minimum Gasteiger partial charge on any atom is -0.339 e. The molecule has 24 heavy (non-hydrogen) atoms. The van der Waals surface area contributed by atoms with Gasteiger partial charge in [-0.2, -0.15) is 4.31 Å². The van der Waals surface area contributed by atoms with Gasteiger partial charge >= 0.3 is 0 Å². The molecule has 132 valence electrons. The maximum absolute atomic E-state index is 13.2. The molecule has 0 aromatic heterocycles. The maximum atomic E-state index is 13.2. The van der Waals surface area contributed by atoms with Crippen LogP contribution in [0.1, 0.15) is 32.3 Å². The lowest BCUT2D eigenvalue weighted by Crippen LogP contribution is -2.62. The van der Waals surface area contributed by atoms with E-state index in [0.29, 0.717) is 30.2 Å². The number of rotatable bonds is 3. The number of hydrogen-bond acceptors (Lipinski definition) is 3. The molecular formula is C17H23ClN2O3S. The summed E-state index contributed by atoms with van der Waals surface area (Å²) in [6, 6.07) is 4.93. The fourth-order valence-corrected chi connectivity index (χ4v) is 5.59. The molecular weight excluding hydrogens is 348 g/mol. The molecule has 0 bridgehead atoms. The van der Waals surface area contributed by atoms with Gasteiger partial charge in [0.15, 0.2) is 0 Å². The van der Waals surface area contributed by atoms with Crippen molar-refractivity contribution in [2.75, 3.05) is 19.6 Å². The van der Waals surface area contributed by atoms with Crippen LogP contribution in [0.5, 0.6) is 0 Å². The van der Waals surface area contributed by atoms with Gasteiger partial charge in [0.05, 0.1) is 4.90 Å². The third kappa shape index (κ3) is 3.07. The molecule has 2 aliphatic rings. The van der Waals surface area contributed by atoms with Crippen LogP contribution in [0.2, 0.25) is 5.02 Å². The summed E-state index contributed by atoms with van der Waals surface area (Å²) in [5.74, 6) is 0.318. The van der Waals surface area contributed by atoms with E-state index >= 15 is 0 Å². The van der Waals surface area contributed by atoms with Gasteiger partial charge < -0.3 is 4.90 Å². The summed E-state index contributed by atoms with van der Waals surface area (Å²) in [5, 5.41) is 0.441. The number of halogens is 1. The van der Waals surface area contributed by atoms with Crippen LogP contribution in [-0.4, -0.2) is 48.7 Å². The molecule has 0 spiro atoms. The minimum absolute atomic E-state index is 0.152. The Morgan fingerprint density at radius 3 is 2.50 bits per heavy atom. The summed E-state index contributed by atoms with van der Waals surface area (Å²) in [7, 11) is -3.67.